The lowest BCUT2D eigenvalue weighted by molar-refractivity contribution is -0.133. The second-order valence-corrected chi connectivity index (χ2v) is 7.32. The minimum absolute atomic E-state index is 0.0963. The molecule has 0 bridgehead atoms. The topological polar surface area (TPSA) is 71.0 Å². The van der Waals surface area contributed by atoms with E-state index < -0.39 is 6.17 Å². The highest BCUT2D eigenvalue weighted by Gasteiger charge is 2.47. The molecule has 0 spiro atoms. The Morgan fingerprint density at radius 1 is 1.27 bits per heavy atom. The van der Waals surface area contributed by atoms with E-state index in [1.165, 1.54) is 0 Å². The predicted octanol–water partition coefficient (Wildman–Crippen LogP) is 2.30. The molecule has 3 heterocycles. The first kappa shape index (κ1) is 16.9. The predicted molar refractivity (Wildman–Crippen MR) is 95.6 cm³/mol. The van der Waals surface area contributed by atoms with Crippen LogP contribution in [0, 0.1) is 0 Å². The Morgan fingerprint density at radius 3 is 2.65 bits per heavy atom. The highest BCUT2D eigenvalue weighted by Crippen LogP contribution is 2.44. The molecule has 1 amide bonds. The molecular weight excluding hydrogens is 333 g/mol. The number of amides is 1. The van der Waals surface area contributed by atoms with E-state index >= 15 is 0 Å². The van der Waals surface area contributed by atoms with Gasteiger partial charge >= 0.3 is 0 Å². The van der Waals surface area contributed by atoms with Gasteiger partial charge in [-0.2, -0.15) is 5.10 Å². The van der Waals surface area contributed by atoms with Crippen LogP contribution in [0.4, 0.5) is 10.2 Å². The van der Waals surface area contributed by atoms with E-state index in [0.29, 0.717) is 38.3 Å². The van der Waals surface area contributed by atoms with Gasteiger partial charge in [0.2, 0.25) is 5.91 Å². The van der Waals surface area contributed by atoms with Crippen molar-refractivity contribution in [3.05, 3.63) is 47.9 Å². The van der Waals surface area contributed by atoms with Crippen LogP contribution in [-0.2, 0) is 10.2 Å². The summed E-state index contributed by atoms with van der Waals surface area (Å²) in [5.74, 6) is 1.03. The smallest absolute Gasteiger partial charge is 0.219 e. The molecule has 7 heteroatoms. The Kier molecular flexibility index (Phi) is 4.30. The number of pyridine rings is 1. The lowest BCUT2D eigenvalue weighted by Crippen LogP contribution is -2.48. The van der Waals surface area contributed by atoms with E-state index in [2.05, 4.69) is 20.5 Å². The van der Waals surface area contributed by atoms with Crippen molar-refractivity contribution in [2.75, 3.05) is 25.0 Å². The van der Waals surface area contributed by atoms with Gasteiger partial charge in [0.05, 0.1) is 5.69 Å². The number of likely N-dealkylation sites (tertiary alicyclic amines) is 1. The minimum Gasteiger partial charge on any atom is -0.368 e. The molecule has 1 aliphatic carbocycles. The molecular formula is C19H22FN5O. The summed E-state index contributed by atoms with van der Waals surface area (Å²) in [6, 6.07) is 9.61. The van der Waals surface area contributed by atoms with Crippen LogP contribution >= 0.6 is 0 Å². The van der Waals surface area contributed by atoms with Crippen LogP contribution < -0.4 is 5.32 Å². The molecule has 1 N–H and O–H groups in total. The maximum atomic E-state index is 13.6. The second-order valence-electron chi connectivity index (χ2n) is 7.32. The highest BCUT2D eigenvalue weighted by atomic mass is 19.1. The molecule has 0 unspecified atom stereocenters. The molecule has 2 aromatic heterocycles. The summed E-state index contributed by atoms with van der Waals surface area (Å²) in [6.45, 7) is 3.57. The first-order chi connectivity index (χ1) is 12.6. The number of nitrogens with one attached hydrogen (secondary N) is 1. The molecule has 2 fully saturated rings. The highest BCUT2D eigenvalue weighted by molar-refractivity contribution is 5.74. The van der Waals surface area contributed by atoms with Gasteiger partial charge < -0.3 is 10.2 Å². The molecule has 1 saturated heterocycles. The first-order valence-corrected chi connectivity index (χ1v) is 8.94. The van der Waals surface area contributed by atoms with Gasteiger partial charge in [-0.3, -0.25) is 9.78 Å². The van der Waals surface area contributed by atoms with E-state index in [9.17, 15) is 9.18 Å². The normalized spacial score (nSPS) is 25.3. The molecule has 0 radical (unpaired) electrons. The number of nitrogens with zero attached hydrogens (tertiary/aromatic N) is 4. The summed E-state index contributed by atoms with van der Waals surface area (Å²) in [6.07, 6.45) is 1.94. The van der Waals surface area contributed by atoms with Crippen molar-refractivity contribution < 1.29 is 9.18 Å². The number of aromatic nitrogens is 3. The number of hydrogen-bond donors (Lipinski definition) is 1. The van der Waals surface area contributed by atoms with Crippen molar-refractivity contribution >= 4 is 11.7 Å². The SMILES string of the molecule is CC(=O)N1CC(c2ccc(NCC3(c4ccccn4)CC(F)C3)nn2)C1. The van der Waals surface area contributed by atoms with Gasteiger partial charge in [0, 0.05) is 49.8 Å². The molecule has 2 aliphatic rings. The van der Waals surface area contributed by atoms with Crippen LogP contribution in [0.5, 0.6) is 0 Å². The average molecular weight is 355 g/mol. The van der Waals surface area contributed by atoms with Crippen LogP contribution in [0.1, 0.15) is 37.1 Å². The number of carbonyl (C=O) groups is 1. The van der Waals surface area contributed by atoms with Crippen LogP contribution in [-0.4, -0.2) is 51.8 Å². The summed E-state index contributed by atoms with van der Waals surface area (Å²) in [7, 11) is 0. The number of hydrogen-bond acceptors (Lipinski definition) is 5. The molecule has 1 saturated carbocycles. The van der Waals surface area contributed by atoms with Crippen molar-refractivity contribution in [1.29, 1.82) is 0 Å². The molecule has 0 aromatic carbocycles. The zero-order valence-corrected chi connectivity index (χ0v) is 14.7. The number of halogens is 1. The van der Waals surface area contributed by atoms with Crippen molar-refractivity contribution in [2.24, 2.45) is 0 Å². The Hall–Kier alpha value is -2.57. The molecule has 136 valence electrons. The minimum atomic E-state index is -0.768. The average Bonchev–Trinajstić information content (AvgIpc) is 2.58. The van der Waals surface area contributed by atoms with Gasteiger partial charge in [0.1, 0.15) is 12.0 Å². The van der Waals surface area contributed by atoms with E-state index in [1.54, 1.807) is 18.0 Å². The molecule has 4 rings (SSSR count). The maximum Gasteiger partial charge on any atom is 0.219 e. The van der Waals surface area contributed by atoms with Crippen molar-refractivity contribution in [1.82, 2.24) is 20.1 Å². The van der Waals surface area contributed by atoms with Gasteiger partial charge in [0.15, 0.2) is 0 Å². The fraction of sp³-hybridized carbons (Fsp3) is 0.474. The summed E-state index contributed by atoms with van der Waals surface area (Å²) in [4.78, 5) is 17.5. The van der Waals surface area contributed by atoms with Gasteiger partial charge in [-0.25, -0.2) is 4.39 Å². The summed E-state index contributed by atoms with van der Waals surface area (Å²) in [5.41, 5.74) is 1.54. The largest absolute Gasteiger partial charge is 0.368 e. The lowest BCUT2D eigenvalue weighted by atomic mass is 9.65. The van der Waals surface area contributed by atoms with E-state index in [-0.39, 0.29) is 17.2 Å². The zero-order valence-electron chi connectivity index (χ0n) is 14.7. The fourth-order valence-corrected chi connectivity index (χ4v) is 3.75. The Morgan fingerprint density at radius 2 is 2.08 bits per heavy atom. The lowest BCUT2D eigenvalue weighted by Gasteiger charge is -2.44. The third-order valence-corrected chi connectivity index (χ3v) is 5.47. The third kappa shape index (κ3) is 3.13. The Balaban J connectivity index is 1.38. The Labute approximate surface area is 151 Å². The van der Waals surface area contributed by atoms with E-state index in [4.69, 9.17) is 0 Å². The van der Waals surface area contributed by atoms with Crippen LogP contribution in [0.2, 0.25) is 0 Å². The number of rotatable bonds is 5. The first-order valence-electron chi connectivity index (χ1n) is 8.94. The monoisotopic (exact) mass is 355 g/mol. The van der Waals surface area contributed by atoms with Gasteiger partial charge in [-0.1, -0.05) is 6.07 Å². The van der Waals surface area contributed by atoms with Crippen molar-refractivity contribution in [3.63, 3.8) is 0 Å². The van der Waals surface area contributed by atoms with E-state index in [1.807, 2.05) is 30.3 Å². The van der Waals surface area contributed by atoms with Gasteiger partial charge in [-0.05, 0) is 37.1 Å². The van der Waals surface area contributed by atoms with Gasteiger partial charge in [0.25, 0.3) is 0 Å². The van der Waals surface area contributed by atoms with Crippen molar-refractivity contribution in [2.45, 2.75) is 37.3 Å². The van der Waals surface area contributed by atoms with Gasteiger partial charge in [-0.15, -0.1) is 5.10 Å². The molecule has 1 aliphatic heterocycles. The summed E-state index contributed by atoms with van der Waals surface area (Å²) < 4.78 is 13.6. The van der Waals surface area contributed by atoms with Crippen LogP contribution in [0.3, 0.4) is 0 Å². The summed E-state index contributed by atoms with van der Waals surface area (Å²) >= 11 is 0. The summed E-state index contributed by atoms with van der Waals surface area (Å²) in [5, 5.41) is 11.8. The quantitative estimate of drug-likeness (QED) is 0.891. The third-order valence-electron chi connectivity index (χ3n) is 5.47. The maximum absolute atomic E-state index is 13.6. The Bertz CT molecular complexity index is 770. The standard InChI is InChI=1S/C19H22FN5O/c1-13(26)25-10-14(11-25)16-5-6-18(24-23-16)22-12-19(8-15(20)9-19)17-4-2-3-7-21-17/h2-7,14-15H,8-12H2,1H3,(H,22,24). The van der Waals surface area contributed by atoms with Crippen LogP contribution in [0.25, 0.3) is 0 Å². The zero-order chi connectivity index (χ0) is 18.1. The molecule has 6 nitrogen and oxygen atoms in total. The second kappa shape index (κ2) is 6.63. The molecule has 26 heavy (non-hydrogen) atoms. The fourth-order valence-electron chi connectivity index (χ4n) is 3.75. The number of alkyl halides is 1. The molecule has 2 aromatic rings. The molecule has 0 atom stereocenters. The number of carbonyl (C=O) groups excluding carboxylic acids is 1. The number of anilines is 1. The van der Waals surface area contributed by atoms with E-state index in [0.717, 1.165) is 11.4 Å². The van der Waals surface area contributed by atoms with Crippen molar-refractivity contribution in [3.8, 4) is 0 Å². The van der Waals surface area contributed by atoms with Crippen LogP contribution in [0.15, 0.2) is 36.5 Å².